The number of sulfone groups is 1. The van der Waals surface area contributed by atoms with E-state index in [1.807, 2.05) is 0 Å². The van der Waals surface area contributed by atoms with Crippen LogP contribution in [0.1, 0.15) is 24.5 Å². The van der Waals surface area contributed by atoms with Crippen molar-refractivity contribution in [3.63, 3.8) is 0 Å². The van der Waals surface area contributed by atoms with E-state index < -0.39 is 21.6 Å². The number of aliphatic hydroxyl groups is 1. The summed E-state index contributed by atoms with van der Waals surface area (Å²) in [5.74, 6) is -1.01. The lowest BCUT2D eigenvalue weighted by Crippen LogP contribution is -2.12. The zero-order valence-electron chi connectivity index (χ0n) is 15.1. The summed E-state index contributed by atoms with van der Waals surface area (Å²) >= 11 is 0. The van der Waals surface area contributed by atoms with E-state index >= 15 is 0 Å². The summed E-state index contributed by atoms with van der Waals surface area (Å²) in [5.41, 5.74) is 1.81. The van der Waals surface area contributed by atoms with Crippen molar-refractivity contribution in [2.75, 3.05) is 19.5 Å². The molecule has 144 valence electrons. The monoisotopic (exact) mass is 392 g/mol. The molecule has 0 aliphatic heterocycles. The molecule has 7 heteroatoms. The molecule has 2 aromatic carbocycles. The Morgan fingerprint density at radius 2 is 1.56 bits per heavy atom. The molecule has 0 amide bonds. The van der Waals surface area contributed by atoms with Crippen molar-refractivity contribution in [1.82, 2.24) is 0 Å². The highest BCUT2D eigenvalue weighted by Gasteiger charge is 2.20. The molecular weight excluding hydrogens is 371 g/mol. The predicted octanol–water partition coefficient (Wildman–Crippen LogP) is 2.98. The number of carbonyl (C=O) groups is 1. The second kappa shape index (κ2) is 8.92. The van der Waals surface area contributed by atoms with E-state index in [2.05, 4.69) is 0 Å². The Labute approximate surface area is 158 Å². The van der Waals surface area contributed by atoms with E-state index in [4.69, 9.17) is 4.74 Å². The topological polar surface area (TPSA) is 80.7 Å². The van der Waals surface area contributed by atoms with Crippen molar-refractivity contribution >= 4 is 21.4 Å². The molecule has 1 N–H and O–H groups in total. The quantitative estimate of drug-likeness (QED) is 0.579. The first-order chi connectivity index (χ1) is 12.8. The molecule has 0 aliphatic rings. The second-order valence-electron chi connectivity index (χ2n) is 5.85. The molecule has 27 heavy (non-hydrogen) atoms. The van der Waals surface area contributed by atoms with E-state index in [0.29, 0.717) is 16.7 Å². The van der Waals surface area contributed by atoms with E-state index in [1.54, 1.807) is 19.1 Å². The Morgan fingerprint density at radius 3 is 2.00 bits per heavy atom. The summed E-state index contributed by atoms with van der Waals surface area (Å²) in [4.78, 5) is 12.6. The average molecular weight is 392 g/mol. The number of halogens is 1. The number of benzene rings is 2. The Kier molecular flexibility index (Phi) is 6.87. The molecule has 2 rings (SSSR count). The summed E-state index contributed by atoms with van der Waals surface area (Å²) in [5, 5.41) is 9.41. The maximum Gasteiger partial charge on any atom is 0.334 e. The zero-order valence-corrected chi connectivity index (χ0v) is 15.9. The summed E-state index contributed by atoms with van der Waals surface area (Å²) in [6.07, 6.45) is 1.15. The molecule has 0 atom stereocenters. The normalized spacial score (nSPS) is 12.4. The predicted molar refractivity (Wildman–Crippen MR) is 100 cm³/mol. The van der Waals surface area contributed by atoms with Crippen LogP contribution in [0.2, 0.25) is 0 Å². The molecule has 0 spiro atoms. The highest BCUT2D eigenvalue weighted by molar-refractivity contribution is 7.90. The van der Waals surface area contributed by atoms with Gasteiger partial charge in [-0.15, -0.1) is 0 Å². The van der Waals surface area contributed by atoms with Crippen LogP contribution in [0.15, 0.2) is 59.0 Å². The molecular formula is C20H21FO5S. The highest BCUT2D eigenvalue weighted by Crippen LogP contribution is 2.30. The lowest BCUT2D eigenvalue weighted by molar-refractivity contribution is -0.138. The van der Waals surface area contributed by atoms with Gasteiger partial charge in [0.05, 0.1) is 11.5 Å². The van der Waals surface area contributed by atoms with Gasteiger partial charge in [-0.05, 0) is 47.9 Å². The van der Waals surface area contributed by atoms with Gasteiger partial charge in [-0.3, -0.25) is 0 Å². The number of ether oxygens (including phenoxy) is 1. The third kappa shape index (κ3) is 5.24. The largest absolute Gasteiger partial charge is 0.463 e. The number of aliphatic hydroxyl groups excluding tert-OH is 1. The minimum atomic E-state index is -3.37. The van der Waals surface area contributed by atoms with Crippen LogP contribution in [0.4, 0.5) is 4.39 Å². The van der Waals surface area contributed by atoms with Crippen LogP contribution in [0.3, 0.4) is 0 Å². The van der Waals surface area contributed by atoms with Crippen LogP contribution in [0, 0.1) is 5.82 Å². The maximum atomic E-state index is 13.4. The van der Waals surface area contributed by atoms with Gasteiger partial charge in [0.25, 0.3) is 0 Å². The van der Waals surface area contributed by atoms with Gasteiger partial charge in [0.15, 0.2) is 9.84 Å². The van der Waals surface area contributed by atoms with Crippen LogP contribution in [0.5, 0.6) is 0 Å². The number of esters is 1. The fourth-order valence-electron chi connectivity index (χ4n) is 2.66. The molecule has 0 saturated carbocycles. The van der Waals surface area contributed by atoms with Crippen molar-refractivity contribution in [3.8, 4) is 0 Å². The third-order valence-corrected chi connectivity index (χ3v) is 5.02. The Hall–Kier alpha value is -2.51. The molecule has 2 aromatic rings. The van der Waals surface area contributed by atoms with E-state index in [-0.39, 0.29) is 30.1 Å². The van der Waals surface area contributed by atoms with Gasteiger partial charge >= 0.3 is 5.97 Å². The van der Waals surface area contributed by atoms with Crippen LogP contribution >= 0.6 is 0 Å². The SMILES string of the molecule is CCOC(=O)C(CCO)=C(c1ccc(F)cc1)c1ccc(S(C)(=O)=O)cc1. The first-order valence-corrected chi connectivity index (χ1v) is 10.2. The number of carbonyl (C=O) groups excluding carboxylic acids is 1. The maximum absolute atomic E-state index is 13.4. The Bertz CT molecular complexity index is 929. The standard InChI is InChI=1S/C20H21FO5S/c1-3-26-20(23)18(12-13-22)19(14-4-8-16(21)9-5-14)15-6-10-17(11-7-15)27(2,24)25/h4-11,22H,3,12-13H2,1-2H3. The average Bonchev–Trinajstić information content (AvgIpc) is 2.62. The minimum absolute atomic E-state index is 0.0410. The fourth-order valence-corrected chi connectivity index (χ4v) is 3.29. The van der Waals surface area contributed by atoms with E-state index in [0.717, 1.165) is 6.26 Å². The minimum Gasteiger partial charge on any atom is -0.463 e. The zero-order chi connectivity index (χ0) is 20.0. The molecule has 0 saturated heterocycles. The van der Waals surface area contributed by atoms with Crippen LogP contribution in [-0.2, 0) is 19.4 Å². The molecule has 0 aromatic heterocycles. The number of rotatable bonds is 7. The summed E-state index contributed by atoms with van der Waals surface area (Å²) in [7, 11) is -3.37. The van der Waals surface area contributed by atoms with Crippen LogP contribution in [-0.4, -0.2) is 39.0 Å². The van der Waals surface area contributed by atoms with Gasteiger partial charge < -0.3 is 9.84 Å². The molecule has 0 aliphatic carbocycles. The number of hydrogen-bond donors (Lipinski definition) is 1. The van der Waals surface area contributed by atoms with Crippen LogP contribution in [0.25, 0.3) is 5.57 Å². The highest BCUT2D eigenvalue weighted by atomic mass is 32.2. The van der Waals surface area contributed by atoms with Crippen molar-refractivity contribution in [2.24, 2.45) is 0 Å². The van der Waals surface area contributed by atoms with Crippen molar-refractivity contribution in [3.05, 3.63) is 71.0 Å². The molecule has 0 bridgehead atoms. The number of hydrogen-bond acceptors (Lipinski definition) is 5. The fraction of sp³-hybridized carbons (Fsp3) is 0.250. The van der Waals surface area contributed by atoms with Gasteiger partial charge in [-0.25, -0.2) is 17.6 Å². The van der Waals surface area contributed by atoms with Gasteiger partial charge in [-0.2, -0.15) is 0 Å². The Balaban J connectivity index is 2.70. The first kappa shape index (κ1) is 20.8. The van der Waals surface area contributed by atoms with E-state index in [1.165, 1.54) is 36.4 Å². The van der Waals surface area contributed by atoms with Gasteiger partial charge in [0.1, 0.15) is 5.82 Å². The summed E-state index contributed by atoms with van der Waals surface area (Å²) in [6, 6.07) is 11.6. The van der Waals surface area contributed by atoms with Gasteiger partial charge in [0.2, 0.25) is 0 Å². The van der Waals surface area contributed by atoms with Crippen molar-refractivity contribution in [1.29, 1.82) is 0 Å². The van der Waals surface area contributed by atoms with Crippen molar-refractivity contribution < 1.29 is 27.4 Å². The van der Waals surface area contributed by atoms with Gasteiger partial charge in [-0.1, -0.05) is 24.3 Å². The smallest absolute Gasteiger partial charge is 0.334 e. The molecule has 0 heterocycles. The summed E-state index contributed by atoms with van der Waals surface area (Å²) < 4.78 is 41.8. The van der Waals surface area contributed by atoms with E-state index in [9.17, 15) is 22.7 Å². The first-order valence-electron chi connectivity index (χ1n) is 8.35. The molecule has 0 unspecified atom stereocenters. The molecule has 0 radical (unpaired) electrons. The Morgan fingerprint density at radius 1 is 1.04 bits per heavy atom. The summed E-state index contributed by atoms with van der Waals surface area (Å²) in [6.45, 7) is 1.56. The molecule has 5 nitrogen and oxygen atoms in total. The van der Waals surface area contributed by atoms with Crippen LogP contribution < -0.4 is 0 Å². The second-order valence-corrected chi connectivity index (χ2v) is 7.87. The lowest BCUT2D eigenvalue weighted by atomic mass is 9.91. The van der Waals surface area contributed by atoms with Gasteiger partial charge in [0, 0.05) is 24.9 Å². The third-order valence-electron chi connectivity index (χ3n) is 3.89. The van der Waals surface area contributed by atoms with Crippen molar-refractivity contribution in [2.45, 2.75) is 18.2 Å². The molecule has 0 fully saturated rings. The lowest BCUT2D eigenvalue weighted by Gasteiger charge is -2.15.